The summed E-state index contributed by atoms with van der Waals surface area (Å²) < 4.78 is 0. The fraction of sp³-hybridized carbons (Fsp3) is 0.833. The summed E-state index contributed by atoms with van der Waals surface area (Å²) in [5.41, 5.74) is 0. The largest absolute Gasteiger partial charge is 0.480 e. The molecule has 1 atom stereocenters. The summed E-state index contributed by atoms with van der Waals surface area (Å²) in [6.45, 7) is 9.77. The number of nitrogens with one attached hydrogen (secondary N) is 1. The predicted octanol–water partition coefficient (Wildman–Crippen LogP) is 0.942. The molecule has 0 spiro atoms. The second kappa shape index (κ2) is 7.27. The normalized spacial score (nSPS) is 13.2. The van der Waals surface area contributed by atoms with Gasteiger partial charge >= 0.3 is 5.97 Å². The van der Waals surface area contributed by atoms with Crippen LogP contribution in [0.1, 0.15) is 34.6 Å². The van der Waals surface area contributed by atoms with Gasteiger partial charge in [0.2, 0.25) is 5.91 Å². The van der Waals surface area contributed by atoms with Crippen molar-refractivity contribution in [2.75, 3.05) is 13.1 Å². The van der Waals surface area contributed by atoms with Crippen molar-refractivity contribution in [2.45, 2.75) is 46.7 Å². The molecule has 1 unspecified atom stereocenters. The minimum atomic E-state index is -0.914. The number of carboxylic acid groups (broad SMARTS) is 1. The lowest BCUT2D eigenvalue weighted by molar-refractivity contribution is -0.139. The molecule has 0 aliphatic carbocycles. The lowest BCUT2D eigenvalue weighted by Crippen LogP contribution is -2.46. The Kier molecular flexibility index (Phi) is 6.80. The first-order valence-corrected chi connectivity index (χ1v) is 5.99. The molecule has 0 aliphatic heterocycles. The molecule has 0 bridgehead atoms. The van der Waals surface area contributed by atoms with Gasteiger partial charge in [0.05, 0.1) is 13.1 Å². The lowest BCUT2D eigenvalue weighted by Gasteiger charge is -2.25. The number of nitrogens with zero attached hydrogens (tertiary/aromatic N) is 1. The van der Waals surface area contributed by atoms with E-state index >= 15 is 0 Å². The smallest absolute Gasteiger partial charge is 0.317 e. The van der Waals surface area contributed by atoms with Crippen molar-refractivity contribution in [3.63, 3.8) is 0 Å². The Balaban J connectivity index is 4.26. The van der Waals surface area contributed by atoms with Crippen LogP contribution in [-0.2, 0) is 9.59 Å². The van der Waals surface area contributed by atoms with Gasteiger partial charge in [0.15, 0.2) is 0 Å². The highest BCUT2D eigenvalue weighted by Gasteiger charge is 2.18. The van der Waals surface area contributed by atoms with Gasteiger partial charge < -0.3 is 10.4 Å². The Hall–Kier alpha value is -1.10. The predicted molar refractivity (Wildman–Crippen MR) is 66.8 cm³/mol. The summed E-state index contributed by atoms with van der Waals surface area (Å²) in [7, 11) is 0. The van der Waals surface area contributed by atoms with Crippen LogP contribution in [-0.4, -0.2) is 47.1 Å². The van der Waals surface area contributed by atoms with Crippen molar-refractivity contribution in [1.29, 1.82) is 0 Å². The fourth-order valence-corrected chi connectivity index (χ4v) is 1.25. The first-order valence-electron chi connectivity index (χ1n) is 5.99. The van der Waals surface area contributed by atoms with E-state index in [0.29, 0.717) is 5.92 Å². The molecule has 0 aromatic rings. The van der Waals surface area contributed by atoms with Crippen LogP contribution >= 0.6 is 0 Å². The van der Waals surface area contributed by atoms with Gasteiger partial charge in [-0.3, -0.25) is 14.5 Å². The van der Waals surface area contributed by atoms with Crippen LogP contribution in [0.3, 0.4) is 0 Å². The molecule has 0 saturated heterocycles. The van der Waals surface area contributed by atoms with E-state index in [1.165, 1.54) is 0 Å². The van der Waals surface area contributed by atoms with E-state index in [9.17, 15) is 9.59 Å². The number of carbonyl (C=O) groups is 2. The molecule has 100 valence electrons. The molecular weight excluding hydrogens is 220 g/mol. The van der Waals surface area contributed by atoms with E-state index in [4.69, 9.17) is 5.11 Å². The molecule has 2 N–H and O–H groups in total. The summed E-state index contributed by atoms with van der Waals surface area (Å²) >= 11 is 0. The third-order valence-corrected chi connectivity index (χ3v) is 2.80. The SMILES string of the molecule is CC(C)C(C)NC(=O)CN(CC(=O)O)C(C)C. The van der Waals surface area contributed by atoms with Gasteiger partial charge in [-0.1, -0.05) is 13.8 Å². The quantitative estimate of drug-likeness (QED) is 0.699. The highest BCUT2D eigenvalue weighted by molar-refractivity contribution is 5.79. The molecule has 0 rings (SSSR count). The van der Waals surface area contributed by atoms with Gasteiger partial charge in [-0.25, -0.2) is 0 Å². The summed E-state index contributed by atoms with van der Waals surface area (Å²) in [5, 5.41) is 11.6. The van der Waals surface area contributed by atoms with Crippen LogP contribution in [0.5, 0.6) is 0 Å². The molecule has 17 heavy (non-hydrogen) atoms. The van der Waals surface area contributed by atoms with Gasteiger partial charge in [0.1, 0.15) is 0 Å². The lowest BCUT2D eigenvalue weighted by atomic mass is 10.1. The van der Waals surface area contributed by atoms with E-state index in [2.05, 4.69) is 5.32 Å². The van der Waals surface area contributed by atoms with Gasteiger partial charge in [-0.05, 0) is 26.7 Å². The maximum absolute atomic E-state index is 11.7. The average molecular weight is 244 g/mol. The molecule has 1 amide bonds. The average Bonchev–Trinajstić information content (AvgIpc) is 2.15. The molecular formula is C12H24N2O3. The number of aliphatic carboxylic acids is 1. The number of carboxylic acids is 1. The first-order chi connectivity index (χ1) is 7.73. The van der Waals surface area contributed by atoms with E-state index in [1.807, 2.05) is 34.6 Å². The number of amides is 1. The third-order valence-electron chi connectivity index (χ3n) is 2.80. The van der Waals surface area contributed by atoms with Crippen LogP contribution in [0.25, 0.3) is 0 Å². The number of rotatable bonds is 7. The maximum Gasteiger partial charge on any atom is 0.317 e. The summed E-state index contributed by atoms with van der Waals surface area (Å²) in [5.74, 6) is -0.671. The molecule has 0 radical (unpaired) electrons. The number of carbonyl (C=O) groups excluding carboxylic acids is 1. The topological polar surface area (TPSA) is 69.6 Å². The Morgan fingerprint density at radius 2 is 1.65 bits per heavy atom. The van der Waals surface area contributed by atoms with Crippen molar-refractivity contribution < 1.29 is 14.7 Å². The minimum absolute atomic E-state index is 0.0335. The molecule has 0 saturated carbocycles. The summed E-state index contributed by atoms with van der Waals surface area (Å²) in [6.07, 6.45) is 0. The van der Waals surface area contributed by atoms with Crippen molar-refractivity contribution in [2.24, 2.45) is 5.92 Å². The molecule has 0 fully saturated rings. The zero-order chi connectivity index (χ0) is 13.6. The Morgan fingerprint density at radius 3 is 2.00 bits per heavy atom. The van der Waals surface area contributed by atoms with Gasteiger partial charge in [0.25, 0.3) is 0 Å². The van der Waals surface area contributed by atoms with Crippen LogP contribution in [0.4, 0.5) is 0 Å². The Labute approximate surface area is 103 Å². The number of hydrogen-bond acceptors (Lipinski definition) is 3. The van der Waals surface area contributed by atoms with Gasteiger partial charge in [0, 0.05) is 12.1 Å². The molecule has 0 aromatic heterocycles. The van der Waals surface area contributed by atoms with Crippen LogP contribution < -0.4 is 5.32 Å². The second-order valence-electron chi connectivity index (χ2n) is 4.99. The Morgan fingerprint density at radius 1 is 1.12 bits per heavy atom. The monoisotopic (exact) mass is 244 g/mol. The molecule has 5 heteroatoms. The van der Waals surface area contributed by atoms with Crippen molar-refractivity contribution in [3.05, 3.63) is 0 Å². The van der Waals surface area contributed by atoms with Gasteiger partial charge in [-0.15, -0.1) is 0 Å². The summed E-state index contributed by atoms with van der Waals surface area (Å²) in [6, 6.07) is 0.132. The first kappa shape index (κ1) is 15.9. The van der Waals surface area contributed by atoms with Crippen LogP contribution in [0.15, 0.2) is 0 Å². The molecule has 0 aliphatic rings. The highest BCUT2D eigenvalue weighted by Crippen LogP contribution is 2.01. The molecule has 0 heterocycles. The Bertz CT molecular complexity index is 264. The van der Waals surface area contributed by atoms with E-state index in [-0.39, 0.29) is 31.1 Å². The van der Waals surface area contributed by atoms with E-state index < -0.39 is 5.97 Å². The maximum atomic E-state index is 11.7. The molecule has 5 nitrogen and oxygen atoms in total. The van der Waals surface area contributed by atoms with Crippen molar-refractivity contribution in [1.82, 2.24) is 10.2 Å². The zero-order valence-electron chi connectivity index (χ0n) is 11.4. The summed E-state index contributed by atoms with van der Waals surface area (Å²) in [4.78, 5) is 24.0. The second-order valence-corrected chi connectivity index (χ2v) is 4.99. The van der Waals surface area contributed by atoms with Crippen molar-refractivity contribution in [3.8, 4) is 0 Å². The zero-order valence-corrected chi connectivity index (χ0v) is 11.4. The highest BCUT2D eigenvalue weighted by atomic mass is 16.4. The fourth-order valence-electron chi connectivity index (χ4n) is 1.25. The van der Waals surface area contributed by atoms with E-state index in [0.717, 1.165) is 0 Å². The number of hydrogen-bond donors (Lipinski definition) is 2. The van der Waals surface area contributed by atoms with Crippen LogP contribution in [0.2, 0.25) is 0 Å². The van der Waals surface area contributed by atoms with Crippen LogP contribution in [0, 0.1) is 5.92 Å². The third kappa shape index (κ3) is 6.94. The van der Waals surface area contributed by atoms with Crippen molar-refractivity contribution >= 4 is 11.9 Å². The van der Waals surface area contributed by atoms with Gasteiger partial charge in [-0.2, -0.15) is 0 Å². The molecule has 0 aromatic carbocycles. The standard InChI is InChI=1S/C12H24N2O3/c1-8(2)10(5)13-11(15)6-14(9(3)4)7-12(16)17/h8-10H,6-7H2,1-5H3,(H,13,15)(H,16,17). The van der Waals surface area contributed by atoms with E-state index in [1.54, 1.807) is 4.90 Å². The minimum Gasteiger partial charge on any atom is -0.480 e.